The van der Waals surface area contributed by atoms with Crippen LogP contribution in [0.3, 0.4) is 0 Å². The fraction of sp³-hybridized carbons (Fsp3) is 0.333. The number of rotatable bonds is 4. The minimum absolute atomic E-state index is 0.327. The van der Waals surface area contributed by atoms with Crippen molar-refractivity contribution in [2.45, 2.75) is 32.4 Å². The molecule has 1 aliphatic carbocycles. The van der Waals surface area contributed by atoms with Gasteiger partial charge in [-0.05, 0) is 48.6 Å². The number of aryl methyl sites for hydroxylation is 2. The molecule has 3 rings (SSSR count). The van der Waals surface area contributed by atoms with Crippen molar-refractivity contribution in [2.75, 3.05) is 0 Å². The zero-order chi connectivity index (χ0) is 12.4. The maximum atomic E-state index is 9.21. The third-order valence-corrected chi connectivity index (χ3v) is 4.60. The standard InChI is InChI=1S/C15H17NOS/c17-13-6-4-11(5-7-13)9-16-10-14-8-12-2-1-3-15(12)18-14/h4-8,16-17H,1-3,9-10H2. The first-order valence-corrected chi connectivity index (χ1v) is 7.22. The molecule has 0 bridgehead atoms. The van der Waals surface area contributed by atoms with Crippen LogP contribution in [0.4, 0.5) is 0 Å². The zero-order valence-corrected chi connectivity index (χ0v) is 11.1. The molecule has 3 heteroatoms. The molecule has 0 atom stereocenters. The molecule has 1 aliphatic rings. The van der Waals surface area contributed by atoms with Crippen molar-refractivity contribution in [3.05, 3.63) is 51.2 Å². The van der Waals surface area contributed by atoms with Crippen LogP contribution in [-0.4, -0.2) is 5.11 Å². The lowest BCUT2D eigenvalue weighted by atomic mass is 10.2. The second-order valence-corrected chi connectivity index (χ2v) is 6.01. The van der Waals surface area contributed by atoms with Crippen LogP contribution in [0.15, 0.2) is 30.3 Å². The van der Waals surface area contributed by atoms with Crippen molar-refractivity contribution in [1.29, 1.82) is 0 Å². The Kier molecular flexibility index (Phi) is 3.35. The maximum absolute atomic E-state index is 9.21. The van der Waals surface area contributed by atoms with Crippen LogP contribution in [-0.2, 0) is 25.9 Å². The zero-order valence-electron chi connectivity index (χ0n) is 10.3. The number of hydrogen-bond donors (Lipinski definition) is 2. The summed E-state index contributed by atoms with van der Waals surface area (Å²) < 4.78 is 0. The highest BCUT2D eigenvalue weighted by Gasteiger charge is 2.14. The average Bonchev–Trinajstić information content (AvgIpc) is 2.92. The Labute approximate surface area is 111 Å². The number of phenolic OH excluding ortho intramolecular Hbond substituents is 1. The highest BCUT2D eigenvalue weighted by atomic mass is 32.1. The number of benzene rings is 1. The first kappa shape index (κ1) is 11.8. The van der Waals surface area contributed by atoms with E-state index in [2.05, 4.69) is 11.4 Å². The Hall–Kier alpha value is -1.32. The van der Waals surface area contributed by atoms with E-state index < -0.39 is 0 Å². The molecule has 0 amide bonds. The minimum atomic E-state index is 0.327. The molecular weight excluding hydrogens is 242 g/mol. The second kappa shape index (κ2) is 5.12. The quantitative estimate of drug-likeness (QED) is 0.883. The summed E-state index contributed by atoms with van der Waals surface area (Å²) >= 11 is 1.96. The lowest BCUT2D eigenvalue weighted by Crippen LogP contribution is -2.11. The van der Waals surface area contributed by atoms with E-state index in [1.54, 1.807) is 22.6 Å². The van der Waals surface area contributed by atoms with Gasteiger partial charge in [0.1, 0.15) is 5.75 Å². The van der Waals surface area contributed by atoms with Crippen LogP contribution in [0.5, 0.6) is 5.75 Å². The fourth-order valence-electron chi connectivity index (χ4n) is 2.42. The van der Waals surface area contributed by atoms with Crippen molar-refractivity contribution < 1.29 is 5.11 Å². The van der Waals surface area contributed by atoms with Crippen LogP contribution in [0.2, 0.25) is 0 Å². The largest absolute Gasteiger partial charge is 0.508 e. The Morgan fingerprint density at radius 3 is 2.72 bits per heavy atom. The predicted octanol–water partition coefficient (Wildman–Crippen LogP) is 3.23. The summed E-state index contributed by atoms with van der Waals surface area (Å²) in [5.74, 6) is 0.327. The van der Waals surface area contributed by atoms with Gasteiger partial charge < -0.3 is 10.4 Å². The molecule has 1 aromatic carbocycles. The van der Waals surface area contributed by atoms with E-state index in [1.807, 2.05) is 23.5 Å². The molecule has 0 aliphatic heterocycles. The minimum Gasteiger partial charge on any atom is -0.508 e. The lowest BCUT2D eigenvalue weighted by molar-refractivity contribution is 0.475. The van der Waals surface area contributed by atoms with Gasteiger partial charge in [0.2, 0.25) is 0 Å². The van der Waals surface area contributed by atoms with E-state index in [1.165, 1.54) is 29.7 Å². The third kappa shape index (κ3) is 2.57. The van der Waals surface area contributed by atoms with E-state index in [0.717, 1.165) is 13.1 Å². The molecule has 0 saturated heterocycles. The van der Waals surface area contributed by atoms with Gasteiger partial charge >= 0.3 is 0 Å². The summed E-state index contributed by atoms with van der Waals surface area (Å²) in [5, 5.41) is 12.7. The molecule has 2 nitrogen and oxygen atoms in total. The van der Waals surface area contributed by atoms with E-state index in [9.17, 15) is 5.11 Å². The highest BCUT2D eigenvalue weighted by molar-refractivity contribution is 7.12. The first-order valence-electron chi connectivity index (χ1n) is 6.40. The van der Waals surface area contributed by atoms with E-state index >= 15 is 0 Å². The van der Waals surface area contributed by atoms with Gasteiger partial charge in [-0.25, -0.2) is 0 Å². The molecule has 1 heterocycles. The van der Waals surface area contributed by atoms with Crippen LogP contribution in [0.25, 0.3) is 0 Å². The SMILES string of the molecule is Oc1ccc(CNCc2cc3c(s2)CCC3)cc1. The summed E-state index contributed by atoms with van der Waals surface area (Å²) in [4.78, 5) is 3.04. The van der Waals surface area contributed by atoms with Gasteiger partial charge in [-0.1, -0.05) is 12.1 Å². The molecular formula is C15H17NOS. The molecule has 1 aromatic heterocycles. The third-order valence-electron chi connectivity index (χ3n) is 3.36. The smallest absolute Gasteiger partial charge is 0.115 e. The second-order valence-electron chi connectivity index (χ2n) is 4.78. The van der Waals surface area contributed by atoms with E-state index in [-0.39, 0.29) is 0 Å². The predicted molar refractivity (Wildman–Crippen MR) is 75.0 cm³/mol. The van der Waals surface area contributed by atoms with E-state index in [0.29, 0.717) is 5.75 Å². The number of fused-ring (bicyclic) bond motifs is 1. The normalized spacial score (nSPS) is 13.8. The number of hydrogen-bond acceptors (Lipinski definition) is 3. The van der Waals surface area contributed by atoms with Gasteiger partial charge in [-0.2, -0.15) is 0 Å². The molecule has 2 aromatic rings. The van der Waals surface area contributed by atoms with Crippen LogP contribution in [0.1, 0.15) is 27.3 Å². The number of thiophene rings is 1. The summed E-state index contributed by atoms with van der Waals surface area (Å²) in [6.45, 7) is 1.79. The molecule has 0 radical (unpaired) electrons. The highest BCUT2D eigenvalue weighted by Crippen LogP contribution is 2.30. The van der Waals surface area contributed by atoms with Gasteiger partial charge in [0.25, 0.3) is 0 Å². The number of aromatic hydroxyl groups is 1. The number of nitrogens with one attached hydrogen (secondary N) is 1. The maximum Gasteiger partial charge on any atom is 0.115 e. The van der Waals surface area contributed by atoms with Crippen LogP contribution in [0, 0.1) is 0 Å². The van der Waals surface area contributed by atoms with Crippen LogP contribution >= 0.6 is 11.3 Å². The van der Waals surface area contributed by atoms with Gasteiger partial charge in [-0.15, -0.1) is 11.3 Å². The lowest BCUT2D eigenvalue weighted by Gasteiger charge is -2.03. The van der Waals surface area contributed by atoms with E-state index in [4.69, 9.17) is 0 Å². The van der Waals surface area contributed by atoms with Gasteiger partial charge in [0.15, 0.2) is 0 Å². The fourth-order valence-corrected chi connectivity index (χ4v) is 3.65. The summed E-state index contributed by atoms with van der Waals surface area (Å²) in [5.41, 5.74) is 2.78. The Balaban J connectivity index is 1.53. The Morgan fingerprint density at radius 1 is 1.11 bits per heavy atom. The molecule has 0 spiro atoms. The van der Waals surface area contributed by atoms with Crippen molar-refractivity contribution >= 4 is 11.3 Å². The van der Waals surface area contributed by atoms with Gasteiger partial charge in [0, 0.05) is 22.8 Å². The molecule has 0 fully saturated rings. The Bertz CT molecular complexity index is 508. The molecule has 94 valence electrons. The number of phenols is 1. The van der Waals surface area contributed by atoms with Crippen molar-refractivity contribution in [3.63, 3.8) is 0 Å². The van der Waals surface area contributed by atoms with Crippen molar-refractivity contribution in [2.24, 2.45) is 0 Å². The molecule has 0 unspecified atom stereocenters. The van der Waals surface area contributed by atoms with Crippen LogP contribution < -0.4 is 5.32 Å². The summed E-state index contributed by atoms with van der Waals surface area (Å²) in [7, 11) is 0. The van der Waals surface area contributed by atoms with Gasteiger partial charge in [-0.3, -0.25) is 0 Å². The van der Waals surface area contributed by atoms with Crippen molar-refractivity contribution in [3.8, 4) is 5.75 Å². The Morgan fingerprint density at radius 2 is 1.94 bits per heavy atom. The average molecular weight is 259 g/mol. The summed E-state index contributed by atoms with van der Waals surface area (Å²) in [6.07, 6.45) is 3.88. The first-order chi connectivity index (χ1) is 8.81. The summed E-state index contributed by atoms with van der Waals surface area (Å²) in [6, 6.07) is 9.73. The van der Waals surface area contributed by atoms with Gasteiger partial charge in [0.05, 0.1) is 0 Å². The molecule has 0 saturated carbocycles. The monoisotopic (exact) mass is 259 g/mol. The molecule has 18 heavy (non-hydrogen) atoms. The topological polar surface area (TPSA) is 32.3 Å². The van der Waals surface area contributed by atoms with Crippen molar-refractivity contribution in [1.82, 2.24) is 5.32 Å². The molecule has 2 N–H and O–H groups in total.